The largest absolute Gasteiger partial charge is 0.339 e. The fraction of sp³-hybridized carbons (Fsp3) is 0.286. The molecule has 4 rings (SSSR count). The van der Waals surface area contributed by atoms with Crippen molar-refractivity contribution in [1.82, 2.24) is 29.9 Å². The zero-order valence-corrected chi connectivity index (χ0v) is 18.3. The van der Waals surface area contributed by atoms with Gasteiger partial charge in [0.05, 0.1) is 11.4 Å². The minimum Gasteiger partial charge on any atom is -0.339 e. The predicted octanol–water partition coefficient (Wildman–Crippen LogP) is 5.31. The molecule has 0 atom stereocenters. The average molecular weight is 441 g/mol. The van der Waals surface area contributed by atoms with Crippen LogP contribution in [-0.2, 0) is 12.2 Å². The van der Waals surface area contributed by atoms with E-state index in [0.29, 0.717) is 22.5 Å². The van der Waals surface area contributed by atoms with Crippen LogP contribution in [0.1, 0.15) is 37.0 Å². The molecule has 9 heteroatoms. The Hall–Kier alpha value is -2.71. The topological polar surface area (TPSA) is 82.5 Å². The van der Waals surface area contributed by atoms with Crippen LogP contribution in [0.5, 0.6) is 0 Å². The Morgan fingerprint density at radius 3 is 2.77 bits per heavy atom. The van der Waals surface area contributed by atoms with E-state index in [2.05, 4.69) is 32.2 Å². The van der Waals surface area contributed by atoms with Crippen LogP contribution >= 0.6 is 23.4 Å². The molecule has 1 aromatic carbocycles. The Balaban J connectivity index is 1.67. The van der Waals surface area contributed by atoms with Gasteiger partial charge in [0.25, 0.3) is 0 Å². The van der Waals surface area contributed by atoms with E-state index in [-0.39, 0.29) is 0 Å². The maximum Gasteiger partial charge on any atom is 0.226 e. The Bertz CT molecular complexity index is 1130. The second-order valence-corrected chi connectivity index (χ2v) is 8.11. The predicted molar refractivity (Wildman–Crippen MR) is 117 cm³/mol. The molecular weight excluding hydrogens is 420 g/mol. The molecule has 0 bridgehead atoms. The summed E-state index contributed by atoms with van der Waals surface area (Å²) in [5.74, 6) is 2.58. The smallest absolute Gasteiger partial charge is 0.226 e. The lowest BCUT2D eigenvalue weighted by Crippen LogP contribution is -2.02. The highest BCUT2D eigenvalue weighted by Gasteiger charge is 2.19. The molecule has 0 amide bonds. The average Bonchev–Trinajstić information content (AvgIpc) is 3.40. The third-order valence-electron chi connectivity index (χ3n) is 4.64. The van der Waals surface area contributed by atoms with Crippen LogP contribution in [0.4, 0.5) is 0 Å². The lowest BCUT2D eigenvalue weighted by atomic mass is 10.2. The number of halogens is 1. The molecular formula is C21H21ClN6OS. The molecule has 154 valence electrons. The molecule has 4 aromatic rings. The van der Waals surface area contributed by atoms with Gasteiger partial charge in [-0.1, -0.05) is 47.9 Å². The van der Waals surface area contributed by atoms with Gasteiger partial charge in [-0.05, 0) is 43.2 Å². The second kappa shape index (κ2) is 9.40. The van der Waals surface area contributed by atoms with Crippen LogP contribution in [0.25, 0.3) is 17.1 Å². The monoisotopic (exact) mass is 440 g/mol. The van der Waals surface area contributed by atoms with Crippen molar-refractivity contribution >= 4 is 23.4 Å². The van der Waals surface area contributed by atoms with Crippen LogP contribution in [-0.4, -0.2) is 29.9 Å². The summed E-state index contributed by atoms with van der Waals surface area (Å²) in [5.41, 5.74) is 2.81. The molecule has 0 radical (unpaired) electrons. The molecule has 0 aliphatic rings. The van der Waals surface area contributed by atoms with Gasteiger partial charge in [0.1, 0.15) is 0 Å². The van der Waals surface area contributed by atoms with Crippen molar-refractivity contribution in [3.05, 3.63) is 65.0 Å². The van der Waals surface area contributed by atoms with E-state index in [1.165, 1.54) is 11.8 Å². The number of rotatable bonds is 8. The van der Waals surface area contributed by atoms with E-state index < -0.39 is 0 Å². The number of aryl methyl sites for hydroxylation is 1. The van der Waals surface area contributed by atoms with E-state index >= 15 is 0 Å². The normalized spacial score (nSPS) is 11.2. The number of hydrogen-bond donors (Lipinski definition) is 0. The van der Waals surface area contributed by atoms with Crippen molar-refractivity contribution in [2.45, 2.75) is 44.0 Å². The first-order valence-corrected chi connectivity index (χ1v) is 11.1. The van der Waals surface area contributed by atoms with Crippen LogP contribution in [0.3, 0.4) is 0 Å². The fourth-order valence-electron chi connectivity index (χ4n) is 3.01. The molecule has 3 aromatic heterocycles. The summed E-state index contributed by atoms with van der Waals surface area (Å²) in [4.78, 5) is 8.58. The van der Waals surface area contributed by atoms with Gasteiger partial charge in [0.15, 0.2) is 16.8 Å². The van der Waals surface area contributed by atoms with E-state index in [1.54, 1.807) is 12.4 Å². The Labute approximate surface area is 183 Å². The molecule has 0 aliphatic heterocycles. The molecule has 0 saturated carbocycles. The summed E-state index contributed by atoms with van der Waals surface area (Å²) in [6.07, 6.45) is 6.41. The lowest BCUT2D eigenvalue weighted by Gasteiger charge is -2.13. The van der Waals surface area contributed by atoms with Crippen LogP contribution in [0.15, 0.2) is 52.4 Å². The minimum atomic E-state index is 0.531. The molecule has 0 aliphatic carbocycles. The molecule has 0 spiro atoms. The molecule has 0 fully saturated rings. The maximum atomic E-state index is 6.40. The molecule has 0 N–H and O–H groups in total. The number of thioether (sulfide) groups is 1. The van der Waals surface area contributed by atoms with Crippen LogP contribution in [0.2, 0.25) is 5.02 Å². The van der Waals surface area contributed by atoms with E-state index in [9.17, 15) is 0 Å². The molecule has 0 saturated heterocycles. The highest BCUT2D eigenvalue weighted by atomic mass is 35.5. The number of aromatic nitrogens is 6. The lowest BCUT2D eigenvalue weighted by molar-refractivity contribution is 0.371. The minimum absolute atomic E-state index is 0.531. The van der Waals surface area contributed by atoms with Gasteiger partial charge >= 0.3 is 0 Å². The number of hydrogen-bond acceptors (Lipinski definition) is 7. The third kappa shape index (κ3) is 4.39. The summed E-state index contributed by atoms with van der Waals surface area (Å²) >= 11 is 7.90. The van der Waals surface area contributed by atoms with Crippen LogP contribution in [0, 0.1) is 6.92 Å². The summed E-state index contributed by atoms with van der Waals surface area (Å²) < 4.78 is 7.35. The van der Waals surface area contributed by atoms with Crippen molar-refractivity contribution in [2.75, 3.05) is 0 Å². The highest BCUT2D eigenvalue weighted by Crippen LogP contribution is 2.32. The Kier molecular flexibility index (Phi) is 6.44. The van der Waals surface area contributed by atoms with E-state index in [1.807, 2.05) is 41.8 Å². The first kappa shape index (κ1) is 20.6. The number of benzene rings is 1. The van der Waals surface area contributed by atoms with Crippen LogP contribution < -0.4 is 0 Å². The quantitative estimate of drug-likeness (QED) is 0.343. The summed E-state index contributed by atoms with van der Waals surface area (Å²) in [7, 11) is 0. The zero-order valence-electron chi connectivity index (χ0n) is 16.7. The standard InChI is InChI=1S/C21H21ClN6OS/c1-3-4-8-19-24-18(27-29-19)13-30-21-26-25-20(15-9-11-23-12-10-15)28(21)17-7-5-6-16(22)14(17)2/h5-7,9-12H,3-4,8,13H2,1-2H3. The van der Waals surface area contributed by atoms with Gasteiger partial charge in [0, 0.05) is 29.4 Å². The van der Waals surface area contributed by atoms with Gasteiger partial charge in [-0.15, -0.1) is 10.2 Å². The van der Waals surface area contributed by atoms with Gasteiger partial charge in [0.2, 0.25) is 5.89 Å². The number of nitrogens with zero attached hydrogens (tertiary/aromatic N) is 6. The zero-order chi connectivity index (χ0) is 20.9. The Morgan fingerprint density at radius 2 is 1.97 bits per heavy atom. The van der Waals surface area contributed by atoms with E-state index in [4.69, 9.17) is 16.1 Å². The summed E-state index contributed by atoms with van der Waals surface area (Å²) in [6.45, 7) is 4.12. The SMILES string of the molecule is CCCCc1nc(CSc2nnc(-c3ccncc3)n2-c2cccc(Cl)c2C)no1. The van der Waals surface area contributed by atoms with Crippen molar-refractivity contribution in [1.29, 1.82) is 0 Å². The summed E-state index contributed by atoms with van der Waals surface area (Å²) in [5, 5.41) is 14.4. The van der Waals surface area contributed by atoms with E-state index in [0.717, 1.165) is 47.1 Å². The molecule has 3 heterocycles. The van der Waals surface area contributed by atoms with Crippen molar-refractivity contribution < 1.29 is 4.52 Å². The number of pyridine rings is 1. The molecule has 7 nitrogen and oxygen atoms in total. The van der Waals surface area contributed by atoms with Gasteiger partial charge in [-0.3, -0.25) is 9.55 Å². The first-order valence-electron chi connectivity index (χ1n) is 9.73. The molecule has 30 heavy (non-hydrogen) atoms. The first-order chi connectivity index (χ1) is 14.7. The van der Waals surface area contributed by atoms with Crippen molar-refractivity contribution in [2.24, 2.45) is 0 Å². The fourth-order valence-corrected chi connectivity index (χ4v) is 3.97. The van der Waals surface area contributed by atoms with Gasteiger partial charge in [-0.2, -0.15) is 4.98 Å². The van der Waals surface area contributed by atoms with Gasteiger partial charge < -0.3 is 4.52 Å². The van der Waals surface area contributed by atoms with Gasteiger partial charge in [-0.25, -0.2) is 0 Å². The second-order valence-electron chi connectivity index (χ2n) is 6.76. The molecule has 0 unspecified atom stereocenters. The maximum absolute atomic E-state index is 6.40. The Morgan fingerprint density at radius 1 is 1.13 bits per heavy atom. The van der Waals surface area contributed by atoms with Crippen molar-refractivity contribution in [3.63, 3.8) is 0 Å². The highest BCUT2D eigenvalue weighted by molar-refractivity contribution is 7.98. The number of unbranched alkanes of at least 4 members (excludes halogenated alkanes) is 1. The third-order valence-corrected chi connectivity index (χ3v) is 5.97. The van der Waals surface area contributed by atoms with Crippen molar-refractivity contribution in [3.8, 4) is 17.1 Å². The summed E-state index contributed by atoms with van der Waals surface area (Å²) in [6, 6.07) is 9.63.